The van der Waals surface area contributed by atoms with Crippen molar-refractivity contribution in [3.63, 3.8) is 0 Å². The van der Waals surface area contributed by atoms with Crippen molar-refractivity contribution in [1.82, 2.24) is 29.2 Å². The van der Waals surface area contributed by atoms with E-state index < -0.39 is 33.8 Å². The van der Waals surface area contributed by atoms with Crippen LogP contribution in [-0.2, 0) is 34.3 Å². The molecule has 2 aliphatic rings. The minimum atomic E-state index is -4.46. The molecule has 3 heterocycles. The SMILES string of the molecule is CCCCN(Cc1ccc(Cl)c(Cl)c1)C(=O)c1nn(-c2ccc(C(=O)NS(=O)(=O)c3ccc4cccc(OCCN5CCOCC5)c4c3)cc2C(=O)N2Cc3ccccc3CC2CN)c(C)c1Cl. The number of fused-ring (bicyclic) bond motifs is 2. The van der Waals surface area contributed by atoms with Gasteiger partial charge in [-0.3, -0.25) is 19.3 Å². The van der Waals surface area contributed by atoms with Crippen LogP contribution in [0.5, 0.6) is 5.75 Å². The number of ether oxygens (including phenoxy) is 2. The van der Waals surface area contributed by atoms with Gasteiger partial charge in [-0.25, -0.2) is 17.8 Å². The molecule has 0 bridgehead atoms. The average Bonchev–Trinajstić information content (AvgIpc) is 3.65. The number of carbonyl (C=O) groups excluding carboxylic acids is 3. The lowest BCUT2D eigenvalue weighted by molar-refractivity contribution is 0.0323. The highest BCUT2D eigenvalue weighted by Gasteiger charge is 2.33. The number of rotatable bonds is 16. The van der Waals surface area contributed by atoms with E-state index in [2.05, 4.69) is 9.62 Å². The van der Waals surface area contributed by atoms with Crippen LogP contribution in [0.3, 0.4) is 0 Å². The number of halogens is 3. The van der Waals surface area contributed by atoms with Crippen LogP contribution in [0.2, 0.25) is 15.1 Å². The predicted molar refractivity (Wildman–Crippen MR) is 264 cm³/mol. The Morgan fingerprint density at radius 3 is 2.46 bits per heavy atom. The molecular weight excluding hydrogens is 949 g/mol. The van der Waals surface area contributed by atoms with E-state index in [1.807, 2.05) is 43.3 Å². The van der Waals surface area contributed by atoms with E-state index in [4.69, 9.17) is 55.1 Å². The molecule has 3 N–H and O–H groups in total. The Bertz CT molecular complexity index is 2980. The molecule has 3 amide bonds. The van der Waals surface area contributed by atoms with E-state index in [1.165, 1.54) is 35.0 Å². The van der Waals surface area contributed by atoms with Crippen LogP contribution in [0.15, 0.2) is 102 Å². The van der Waals surface area contributed by atoms with Crippen LogP contribution in [-0.4, -0.2) is 109 Å². The quantitative estimate of drug-likeness (QED) is 0.0967. The van der Waals surface area contributed by atoms with Gasteiger partial charge in [-0.15, -0.1) is 0 Å². The maximum absolute atomic E-state index is 15.0. The monoisotopic (exact) mass is 999 g/mol. The topological polar surface area (TPSA) is 169 Å². The highest BCUT2D eigenvalue weighted by atomic mass is 35.5. The van der Waals surface area contributed by atoms with E-state index in [0.29, 0.717) is 72.6 Å². The lowest BCUT2D eigenvalue weighted by Crippen LogP contribution is -2.48. The van der Waals surface area contributed by atoms with Gasteiger partial charge in [-0.05, 0) is 90.4 Å². The molecule has 356 valence electrons. The molecule has 2 aliphatic heterocycles. The first-order chi connectivity index (χ1) is 32.8. The van der Waals surface area contributed by atoms with Gasteiger partial charge in [0.2, 0.25) is 0 Å². The van der Waals surface area contributed by atoms with Gasteiger partial charge in [0.1, 0.15) is 12.4 Å². The number of unbranched alkanes of at least 4 members (excludes halogenated alkanes) is 1. The lowest BCUT2D eigenvalue weighted by atomic mass is 9.93. The number of nitrogens with two attached hydrogens (primary N) is 1. The van der Waals surface area contributed by atoms with E-state index in [1.54, 1.807) is 47.1 Å². The second-order valence-corrected chi connectivity index (χ2v) is 19.8. The van der Waals surface area contributed by atoms with Crippen LogP contribution in [0.25, 0.3) is 16.5 Å². The van der Waals surface area contributed by atoms with Crippen LogP contribution in [0.1, 0.15) is 73.4 Å². The fourth-order valence-corrected chi connectivity index (χ4v) is 10.1. The second kappa shape index (κ2) is 21.4. The number of hydrogen-bond acceptors (Lipinski definition) is 10. The Labute approximate surface area is 410 Å². The first kappa shape index (κ1) is 48.9. The average molecular weight is 1000 g/mol. The Balaban J connectivity index is 1.12. The summed E-state index contributed by atoms with van der Waals surface area (Å²) in [5.41, 5.74) is 9.48. The minimum absolute atomic E-state index is 0.0114. The van der Waals surface area contributed by atoms with Gasteiger partial charge in [-0.1, -0.05) is 96.7 Å². The summed E-state index contributed by atoms with van der Waals surface area (Å²) in [7, 11) is -4.46. The number of hydrogen-bond donors (Lipinski definition) is 2. The zero-order valence-electron chi connectivity index (χ0n) is 37.7. The highest BCUT2D eigenvalue weighted by Crippen LogP contribution is 2.32. The summed E-state index contributed by atoms with van der Waals surface area (Å²) < 4.78 is 43.2. The number of sulfonamides is 1. The number of amides is 3. The van der Waals surface area contributed by atoms with Crippen molar-refractivity contribution in [1.29, 1.82) is 0 Å². The number of carbonyl (C=O) groups is 3. The zero-order valence-corrected chi connectivity index (χ0v) is 40.8. The molecular formula is C50H52Cl3N7O7S. The van der Waals surface area contributed by atoms with Crippen molar-refractivity contribution in [2.45, 2.75) is 57.1 Å². The van der Waals surface area contributed by atoms with E-state index in [-0.39, 0.29) is 52.1 Å². The molecule has 8 rings (SSSR count). The maximum atomic E-state index is 15.0. The molecule has 5 aromatic carbocycles. The highest BCUT2D eigenvalue weighted by molar-refractivity contribution is 7.90. The summed E-state index contributed by atoms with van der Waals surface area (Å²) in [6.07, 6.45) is 2.02. The van der Waals surface area contributed by atoms with Gasteiger partial charge < -0.3 is 25.0 Å². The van der Waals surface area contributed by atoms with Gasteiger partial charge in [0, 0.05) is 62.8 Å². The van der Waals surface area contributed by atoms with Crippen molar-refractivity contribution in [2.24, 2.45) is 5.73 Å². The maximum Gasteiger partial charge on any atom is 0.276 e. The van der Waals surface area contributed by atoms with Crippen LogP contribution < -0.4 is 15.2 Å². The summed E-state index contributed by atoms with van der Waals surface area (Å²) in [6, 6.07) is 26.8. The molecule has 0 radical (unpaired) electrons. The molecule has 1 saturated heterocycles. The van der Waals surface area contributed by atoms with E-state index in [9.17, 15) is 18.0 Å². The molecule has 0 saturated carbocycles. The molecule has 1 fully saturated rings. The van der Waals surface area contributed by atoms with Crippen molar-refractivity contribution in [2.75, 3.05) is 52.5 Å². The number of nitrogens with one attached hydrogen (secondary N) is 1. The first-order valence-corrected chi connectivity index (χ1v) is 25.1. The lowest BCUT2D eigenvalue weighted by Gasteiger charge is -2.36. The van der Waals surface area contributed by atoms with Crippen molar-refractivity contribution in [3.8, 4) is 11.4 Å². The Morgan fingerprint density at radius 2 is 1.71 bits per heavy atom. The van der Waals surface area contributed by atoms with Crippen LogP contribution in [0, 0.1) is 6.92 Å². The third kappa shape index (κ3) is 10.7. The Morgan fingerprint density at radius 1 is 0.926 bits per heavy atom. The molecule has 1 unspecified atom stereocenters. The second-order valence-electron chi connectivity index (χ2n) is 16.9. The number of benzene rings is 5. The standard InChI is InChI=1S/C50H52Cl3N7O7S/c1-3-4-18-58(30-33-12-16-42(51)43(52)25-33)50(63)47-46(53)32(2)60(55-47)44-17-14-36(27-41(44)49(62)59-31-37-9-6-5-8-35(37)26-38(59)29-54)48(61)56-68(64,65)39-15-13-34-10-7-11-45(40(34)28-39)67-24-21-57-19-22-66-23-20-57/h5-17,25,27-28,38H,3-4,18-24,26,29-31,54H2,1-2H3,(H,56,61). The van der Waals surface area contributed by atoms with E-state index in [0.717, 1.165) is 41.6 Å². The molecule has 68 heavy (non-hydrogen) atoms. The minimum Gasteiger partial charge on any atom is -0.492 e. The van der Waals surface area contributed by atoms with Crippen LogP contribution >= 0.6 is 34.8 Å². The fraction of sp³-hybridized carbons (Fsp3) is 0.320. The third-order valence-corrected chi connectivity index (χ3v) is 14.9. The summed E-state index contributed by atoms with van der Waals surface area (Å²) in [5, 5.41) is 6.87. The molecule has 1 aromatic heterocycles. The number of aromatic nitrogens is 2. The Hall–Kier alpha value is -5.52. The van der Waals surface area contributed by atoms with Crippen LogP contribution in [0.4, 0.5) is 0 Å². The molecule has 18 heteroatoms. The molecule has 0 spiro atoms. The van der Waals surface area contributed by atoms with Gasteiger partial charge in [0.25, 0.3) is 27.7 Å². The molecule has 14 nitrogen and oxygen atoms in total. The third-order valence-electron chi connectivity index (χ3n) is 12.4. The summed E-state index contributed by atoms with van der Waals surface area (Å²) >= 11 is 19.5. The van der Waals surface area contributed by atoms with Crippen molar-refractivity contribution >= 4 is 73.3 Å². The van der Waals surface area contributed by atoms with Gasteiger partial charge in [0.15, 0.2) is 5.69 Å². The number of nitrogens with zero attached hydrogens (tertiary/aromatic N) is 5. The predicted octanol–water partition coefficient (Wildman–Crippen LogP) is 8.09. The number of morpholine rings is 1. The summed E-state index contributed by atoms with van der Waals surface area (Å²) in [4.78, 5) is 48.9. The normalized spacial score (nSPS) is 15.3. The Kier molecular flexibility index (Phi) is 15.4. The molecule has 6 aromatic rings. The van der Waals surface area contributed by atoms with Crippen molar-refractivity contribution < 1.29 is 32.3 Å². The summed E-state index contributed by atoms with van der Waals surface area (Å²) in [6.45, 7) is 8.68. The van der Waals surface area contributed by atoms with Gasteiger partial charge in [-0.2, -0.15) is 5.10 Å². The largest absolute Gasteiger partial charge is 0.492 e. The first-order valence-electron chi connectivity index (χ1n) is 22.5. The molecule has 1 atom stereocenters. The fourth-order valence-electron chi connectivity index (χ4n) is 8.55. The smallest absolute Gasteiger partial charge is 0.276 e. The summed E-state index contributed by atoms with van der Waals surface area (Å²) in [5.74, 6) is -1.39. The molecule has 0 aliphatic carbocycles. The van der Waals surface area contributed by atoms with Gasteiger partial charge in [0.05, 0.1) is 50.1 Å². The van der Waals surface area contributed by atoms with E-state index >= 15 is 4.79 Å². The zero-order chi connectivity index (χ0) is 48.1. The van der Waals surface area contributed by atoms with Gasteiger partial charge >= 0.3 is 0 Å². The van der Waals surface area contributed by atoms with Crippen molar-refractivity contribution in [3.05, 3.63) is 151 Å².